The summed E-state index contributed by atoms with van der Waals surface area (Å²) < 4.78 is 0. The van der Waals surface area contributed by atoms with Gasteiger partial charge in [0.25, 0.3) is 0 Å². The zero-order chi connectivity index (χ0) is 13.4. The SMILES string of the molecule is CCCC(N)CC(=O)NCc1ccc(CC)cc1. The highest BCUT2D eigenvalue weighted by Gasteiger charge is 2.08. The molecule has 0 spiro atoms. The quantitative estimate of drug-likeness (QED) is 0.778. The average molecular weight is 248 g/mol. The molecule has 0 saturated carbocycles. The summed E-state index contributed by atoms with van der Waals surface area (Å²) in [4.78, 5) is 11.6. The van der Waals surface area contributed by atoms with Gasteiger partial charge in [-0.2, -0.15) is 0 Å². The van der Waals surface area contributed by atoms with Gasteiger partial charge < -0.3 is 11.1 Å². The molecule has 0 radical (unpaired) electrons. The second-order valence-corrected chi connectivity index (χ2v) is 4.70. The molecule has 3 heteroatoms. The number of aryl methyl sites for hydroxylation is 1. The van der Waals surface area contributed by atoms with Crippen molar-refractivity contribution in [2.24, 2.45) is 5.73 Å². The Hall–Kier alpha value is -1.35. The second kappa shape index (κ2) is 7.88. The number of rotatable bonds is 7. The third-order valence-corrected chi connectivity index (χ3v) is 3.03. The monoisotopic (exact) mass is 248 g/mol. The number of benzene rings is 1. The fourth-order valence-electron chi connectivity index (χ4n) is 1.88. The molecule has 1 aromatic carbocycles. The molecule has 0 aliphatic rings. The van der Waals surface area contributed by atoms with Crippen LogP contribution in [0.25, 0.3) is 0 Å². The summed E-state index contributed by atoms with van der Waals surface area (Å²) in [5.41, 5.74) is 8.28. The van der Waals surface area contributed by atoms with Gasteiger partial charge in [-0.3, -0.25) is 4.79 Å². The molecule has 1 rings (SSSR count). The average Bonchev–Trinajstić information content (AvgIpc) is 2.37. The van der Waals surface area contributed by atoms with Crippen LogP contribution in [-0.2, 0) is 17.8 Å². The van der Waals surface area contributed by atoms with Crippen molar-refractivity contribution in [2.75, 3.05) is 0 Å². The molecule has 18 heavy (non-hydrogen) atoms. The summed E-state index contributed by atoms with van der Waals surface area (Å²) in [5, 5.41) is 2.91. The first-order chi connectivity index (χ1) is 8.65. The van der Waals surface area contributed by atoms with Gasteiger partial charge in [0.15, 0.2) is 0 Å². The fourth-order valence-corrected chi connectivity index (χ4v) is 1.88. The van der Waals surface area contributed by atoms with Crippen LogP contribution >= 0.6 is 0 Å². The number of nitrogens with two attached hydrogens (primary N) is 1. The van der Waals surface area contributed by atoms with Gasteiger partial charge in [-0.15, -0.1) is 0 Å². The molecule has 1 unspecified atom stereocenters. The molecule has 0 bridgehead atoms. The predicted octanol–water partition coefficient (Wildman–Crippen LogP) is 2.38. The van der Waals surface area contributed by atoms with Crippen molar-refractivity contribution in [1.82, 2.24) is 5.32 Å². The lowest BCUT2D eigenvalue weighted by molar-refractivity contribution is -0.121. The Balaban J connectivity index is 2.33. The maximum atomic E-state index is 11.6. The predicted molar refractivity (Wildman–Crippen MR) is 75.2 cm³/mol. The van der Waals surface area contributed by atoms with Gasteiger partial charge in [-0.05, 0) is 24.0 Å². The zero-order valence-electron chi connectivity index (χ0n) is 11.4. The number of carbonyl (C=O) groups is 1. The lowest BCUT2D eigenvalue weighted by atomic mass is 10.1. The Labute approximate surface area is 110 Å². The second-order valence-electron chi connectivity index (χ2n) is 4.70. The van der Waals surface area contributed by atoms with Gasteiger partial charge in [0.2, 0.25) is 5.91 Å². The van der Waals surface area contributed by atoms with Crippen LogP contribution in [0.1, 0.15) is 44.2 Å². The number of carbonyl (C=O) groups excluding carboxylic acids is 1. The minimum atomic E-state index is -0.0162. The third-order valence-electron chi connectivity index (χ3n) is 3.03. The molecule has 0 fully saturated rings. The summed E-state index contributed by atoms with van der Waals surface area (Å²) in [5.74, 6) is 0.0375. The van der Waals surface area contributed by atoms with E-state index in [1.54, 1.807) is 0 Å². The van der Waals surface area contributed by atoms with E-state index in [9.17, 15) is 4.79 Å². The third kappa shape index (κ3) is 5.32. The van der Waals surface area contributed by atoms with Gasteiger partial charge in [0.05, 0.1) is 0 Å². The van der Waals surface area contributed by atoms with Crippen molar-refractivity contribution in [3.63, 3.8) is 0 Å². The zero-order valence-corrected chi connectivity index (χ0v) is 11.4. The smallest absolute Gasteiger partial charge is 0.221 e. The largest absolute Gasteiger partial charge is 0.352 e. The van der Waals surface area contributed by atoms with E-state index in [2.05, 4.69) is 43.4 Å². The number of hydrogen-bond donors (Lipinski definition) is 2. The number of amides is 1. The summed E-state index contributed by atoms with van der Waals surface area (Å²) in [6, 6.07) is 8.31. The van der Waals surface area contributed by atoms with Crippen LogP contribution in [0, 0.1) is 0 Å². The molecule has 0 aromatic heterocycles. The lowest BCUT2D eigenvalue weighted by Crippen LogP contribution is -2.31. The van der Waals surface area contributed by atoms with Gasteiger partial charge in [0.1, 0.15) is 0 Å². The van der Waals surface area contributed by atoms with Crippen LogP contribution in [-0.4, -0.2) is 11.9 Å². The van der Waals surface area contributed by atoms with Crippen LogP contribution < -0.4 is 11.1 Å². The molecule has 1 atom stereocenters. The minimum Gasteiger partial charge on any atom is -0.352 e. The highest BCUT2D eigenvalue weighted by Crippen LogP contribution is 2.05. The van der Waals surface area contributed by atoms with Crippen LogP contribution in [0.4, 0.5) is 0 Å². The summed E-state index contributed by atoms with van der Waals surface area (Å²) >= 11 is 0. The molecule has 0 aliphatic heterocycles. The van der Waals surface area contributed by atoms with E-state index in [1.807, 2.05) is 0 Å². The first kappa shape index (κ1) is 14.7. The van der Waals surface area contributed by atoms with Gasteiger partial charge in [-0.25, -0.2) is 0 Å². The van der Waals surface area contributed by atoms with E-state index in [0.29, 0.717) is 13.0 Å². The lowest BCUT2D eigenvalue weighted by Gasteiger charge is -2.10. The van der Waals surface area contributed by atoms with E-state index in [-0.39, 0.29) is 11.9 Å². The number of hydrogen-bond acceptors (Lipinski definition) is 2. The van der Waals surface area contributed by atoms with Crippen LogP contribution in [0.15, 0.2) is 24.3 Å². The van der Waals surface area contributed by atoms with E-state index in [0.717, 1.165) is 24.8 Å². The Bertz CT molecular complexity index is 359. The van der Waals surface area contributed by atoms with Crippen molar-refractivity contribution >= 4 is 5.91 Å². The summed E-state index contributed by atoms with van der Waals surface area (Å²) in [7, 11) is 0. The van der Waals surface area contributed by atoms with E-state index >= 15 is 0 Å². The molecule has 1 aromatic rings. The Morgan fingerprint density at radius 1 is 1.22 bits per heavy atom. The highest BCUT2D eigenvalue weighted by molar-refractivity contribution is 5.76. The number of nitrogens with one attached hydrogen (secondary N) is 1. The van der Waals surface area contributed by atoms with Gasteiger partial charge in [0, 0.05) is 19.0 Å². The van der Waals surface area contributed by atoms with E-state index in [4.69, 9.17) is 5.73 Å². The topological polar surface area (TPSA) is 55.1 Å². The summed E-state index contributed by atoms with van der Waals surface area (Å²) in [6.45, 7) is 4.79. The normalized spacial score (nSPS) is 12.2. The molecule has 0 saturated heterocycles. The van der Waals surface area contributed by atoms with Crippen molar-refractivity contribution in [2.45, 2.75) is 52.1 Å². The van der Waals surface area contributed by atoms with Crippen LogP contribution in [0.5, 0.6) is 0 Å². The Kier molecular flexibility index (Phi) is 6.44. The Morgan fingerprint density at radius 3 is 2.39 bits per heavy atom. The van der Waals surface area contributed by atoms with Crippen molar-refractivity contribution in [3.05, 3.63) is 35.4 Å². The van der Waals surface area contributed by atoms with Crippen molar-refractivity contribution in [1.29, 1.82) is 0 Å². The maximum absolute atomic E-state index is 11.6. The molecular weight excluding hydrogens is 224 g/mol. The van der Waals surface area contributed by atoms with Gasteiger partial charge >= 0.3 is 0 Å². The van der Waals surface area contributed by atoms with Crippen LogP contribution in [0.2, 0.25) is 0 Å². The van der Waals surface area contributed by atoms with Crippen molar-refractivity contribution < 1.29 is 4.79 Å². The molecule has 0 heterocycles. The highest BCUT2D eigenvalue weighted by atomic mass is 16.1. The standard InChI is InChI=1S/C15H24N2O/c1-3-5-14(16)10-15(18)17-11-13-8-6-12(4-2)7-9-13/h6-9,14H,3-5,10-11,16H2,1-2H3,(H,17,18). The van der Waals surface area contributed by atoms with E-state index < -0.39 is 0 Å². The fraction of sp³-hybridized carbons (Fsp3) is 0.533. The first-order valence-corrected chi connectivity index (χ1v) is 6.75. The molecular formula is C15H24N2O. The molecule has 3 nitrogen and oxygen atoms in total. The summed E-state index contributed by atoms with van der Waals surface area (Å²) in [6.07, 6.45) is 3.38. The molecule has 1 amide bonds. The minimum absolute atomic E-state index is 0.0162. The van der Waals surface area contributed by atoms with Crippen LogP contribution in [0.3, 0.4) is 0 Å². The Morgan fingerprint density at radius 2 is 1.83 bits per heavy atom. The van der Waals surface area contributed by atoms with Gasteiger partial charge in [-0.1, -0.05) is 44.5 Å². The van der Waals surface area contributed by atoms with E-state index in [1.165, 1.54) is 5.56 Å². The molecule has 100 valence electrons. The molecule has 3 N–H and O–H groups in total. The molecule has 0 aliphatic carbocycles. The maximum Gasteiger partial charge on any atom is 0.221 e. The first-order valence-electron chi connectivity index (χ1n) is 6.75. The van der Waals surface area contributed by atoms with Crippen molar-refractivity contribution in [3.8, 4) is 0 Å².